The SMILES string of the molecule is CC1(C)CC(C(CSC(C)(C)C)NN)C(C)(C)O1. The van der Waals surface area contributed by atoms with Crippen molar-refractivity contribution in [3.63, 3.8) is 0 Å². The van der Waals surface area contributed by atoms with Gasteiger partial charge in [-0.2, -0.15) is 11.8 Å². The van der Waals surface area contributed by atoms with Crippen LogP contribution in [0.1, 0.15) is 54.9 Å². The summed E-state index contributed by atoms with van der Waals surface area (Å²) in [7, 11) is 0. The highest BCUT2D eigenvalue weighted by Crippen LogP contribution is 2.44. The van der Waals surface area contributed by atoms with Gasteiger partial charge in [-0.15, -0.1) is 0 Å². The lowest BCUT2D eigenvalue weighted by molar-refractivity contribution is -0.0769. The highest BCUT2D eigenvalue weighted by atomic mass is 32.2. The number of nitrogens with one attached hydrogen (secondary N) is 1. The van der Waals surface area contributed by atoms with Crippen LogP contribution < -0.4 is 11.3 Å². The highest BCUT2D eigenvalue weighted by molar-refractivity contribution is 8.00. The number of rotatable bonds is 4. The van der Waals surface area contributed by atoms with Crippen molar-refractivity contribution >= 4 is 11.8 Å². The van der Waals surface area contributed by atoms with Gasteiger partial charge in [0.25, 0.3) is 0 Å². The maximum Gasteiger partial charge on any atom is 0.0678 e. The van der Waals surface area contributed by atoms with E-state index in [1.807, 2.05) is 11.8 Å². The summed E-state index contributed by atoms with van der Waals surface area (Å²) in [6, 6.07) is 0.297. The molecule has 4 heteroatoms. The van der Waals surface area contributed by atoms with Crippen molar-refractivity contribution in [2.75, 3.05) is 5.75 Å². The molecule has 2 unspecified atom stereocenters. The minimum absolute atomic E-state index is 0.0460. The fourth-order valence-electron chi connectivity index (χ4n) is 2.85. The molecule has 0 radical (unpaired) electrons. The van der Waals surface area contributed by atoms with E-state index in [4.69, 9.17) is 10.6 Å². The third-order valence-electron chi connectivity index (χ3n) is 3.54. The predicted molar refractivity (Wildman–Crippen MR) is 80.7 cm³/mol. The van der Waals surface area contributed by atoms with Crippen LogP contribution in [0.3, 0.4) is 0 Å². The summed E-state index contributed by atoms with van der Waals surface area (Å²) >= 11 is 1.96. The second-order valence-electron chi connectivity index (χ2n) is 7.47. The number of hydrogen-bond acceptors (Lipinski definition) is 4. The predicted octanol–water partition coefficient (Wildman–Crippen LogP) is 2.94. The molecular weight excluding hydrogens is 244 g/mol. The molecule has 18 heavy (non-hydrogen) atoms. The van der Waals surface area contributed by atoms with E-state index in [1.165, 1.54) is 0 Å². The summed E-state index contributed by atoms with van der Waals surface area (Å²) in [5.41, 5.74) is 2.85. The quantitative estimate of drug-likeness (QED) is 0.611. The van der Waals surface area contributed by atoms with Gasteiger partial charge in [-0.05, 0) is 34.1 Å². The smallest absolute Gasteiger partial charge is 0.0678 e. The summed E-state index contributed by atoms with van der Waals surface area (Å²) in [4.78, 5) is 0. The van der Waals surface area contributed by atoms with E-state index in [0.29, 0.717) is 12.0 Å². The molecule has 3 N–H and O–H groups in total. The van der Waals surface area contributed by atoms with Gasteiger partial charge in [0, 0.05) is 22.5 Å². The molecule has 1 aliphatic heterocycles. The Balaban J connectivity index is 2.71. The summed E-state index contributed by atoms with van der Waals surface area (Å²) in [5.74, 6) is 7.25. The zero-order valence-electron chi connectivity index (χ0n) is 13.0. The highest BCUT2D eigenvalue weighted by Gasteiger charge is 2.48. The molecule has 1 aliphatic rings. The number of hydrazine groups is 1. The number of hydrogen-bond donors (Lipinski definition) is 2. The van der Waals surface area contributed by atoms with Crippen molar-refractivity contribution in [3.05, 3.63) is 0 Å². The third kappa shape index (κ3) is 4.41. The van der Waals surface area contributed by atoms with Gasteiger partial charge in [-0.25, -0.2) is 0 Å². The second kappa shape index (κ2) is 5.31. The zero-order chi connectivity index (χ0) is 14.2. The molecule has 3 nitrogen and oxygen atoms in total. The Morgan fingerprint density at radius 3 is 2.22 bits per heavy atom. The van der Waals surface area contributed by atoms with Gasteiger partial charge in [-0.3, -0.25) is 11.3 Å². The average Bonchev–Trinajstić information content (AvgIpc) is 2.34. The van der Waals surface area contributed by atoms with E-state index >= 15 is 0 Å². The van der Waals surface area contributed by atoms with E-state index in [-0.39, 0.29) is 15.9 Å². The number of thioether (sulfide) groups is 1. The molecule has 2 atom stereocenters. The molecule has 0 bridgehead atoms. The summed E-state index contributed by atoms with van der Waals surface area (Å²) in [5, 5.41) is 0. The number of ether oxygens (including phenoxy) is 1. The van der Waals surface area contributed by atoms with Crippen LogP contribution in [-0.4, -0.2) is 27.7 Å². The lowest BCUT2D eigenvalue weighted by Crippen LogP contribution is -2.49. The molecule has 1 saturated heterocycles. The lowest BCUT2D eigenvalue weighted by Gasteiger charge is -2.33. The summed E-state index contributed by atoms with van der Waals surface area (Å²) in [6.07, 6.45) is 1.06. The van der Waals surface area contributed by atoms with Crippen molar-refractivity contribution in [3.8, 4) is 0 Å². The van der Waals surface area contributed by atoms with Gasteiger partial charge in [0.2, 0.25) is 0 Å². The molecule has 0 spiro atoms. The molecule has 0 aromatic rings. The number of nitrogens with two attached hydrogens (primary N) is 1. The fraction of sp³-hybridized carbons (Fsp3) is 1.00. The van der Waals surface area contributed by atoms with E-state index in [9.17, 15) is 0 Å². The first-order valence-corrected chi connectivity index (χ1v) is 7.76. The molecule has 0 aliphatic carbocycles. The van der Waals surface area contributed by atoms with E-state index in [1.54, 1.807) is 0 Å². The molecule has 0 aromatic carbocycles. The molecule has 0 amide bonds. The monoisotopic (exact) mass is 274 g/mol. The van der Waals surface area contributed by atoms with Crippen molar-refractivity contribution in [2.24, 2.45) is 11.8 Å². The van der Waals surface area contributed by atoms with Gasteiger partial charge < -0.3 is 4.74 Å². The summed E-state index contributed by atoms with van der Waals surface area (Å²) < 4.78 is 6.43. The van der Waals surface area contributed by atoms with E-state index in [2.05, 4.69) is 53.9 Å². The lowest BCUT2D eigenvalue weighted by atomic mass is 9.82. The molecule has 1 rings (SSSR count). The van der Waals surface area contributed by atoms with Gasteiger partial charge in [-0.1, -0.05) is 20.8 Å². The van der Waals surface area contributed by atoms with Crippen LogP contribution in [0.15, 0.2) is 0 Å². The van der Waals surface area contributed by atoms with Crippen LogP contribution >= 0.6 is 11.8 Å². The fourth-order valence-corrected chi connectivity index (χ4v) is 3.86. The van der Waals surface area contributed by atoms with Crippen molar-refractivity contribution in [1.82, 2.24) is 5.43 Å². The van der Waals surface area contributed by atoms with Crippen LogP contribution in [0, 0.1) is 5.92 Å². The van der Waals surface area contributed by atoms with E-state index in [0.717, 1.165) is 12.2 Å². The molecule has 108 valence electrons. The second-order valence-corrected chi connectivity index (χ2v) is 9.32. The van der Waals surface area contributed by atoms with Crippen molar-refractivity contribution in [2.45, 2.75) is 76.9 Å². The van der Waals surface area contributed by atoms with E-state index < -0.39 is 0 Å². The van der Waals surface area contributed by atoms with Crippen LogP contribution in [-0.2, 0) is 4.74 Å². The minimum atomic E-state index is -0.112. The topological polar surface area (TPSA) is 47.3 Å². The Hall–Kier alpha value is 0.230. The molecular formula is C14H30N2OS. The molecule has 0 aromatic heterocycles. The minimum Gasteiger partial charge on any atom is -0.369 e. The van der Waals surface area contributed by atoms with Gasteiger partial charge in [0.05, 0.1) is 11.2 Å². The van der Waals surface area contributed by atoms with Crippen LogP contribution in [0.5, 0.6) is 0 Å². The first-order chi connectivity index (χ1) is 7.97. The maximum atomic E-state index is 6.16. The Morgan fingerprint density at radius 1 is 1.33 bits per heavy atom. The Kier molecular flexibility index (Phi) is 4.81. The van der Waals surface area contributed by atoms with Gasteiger partial charge >= 0.3 is 0 Å². The van der Waals surface area contributed by atoms with Crippen molar-refractivity contribution in [1.29, 1.82) is 0 Å². The largest absolute Gasteiger partial charge is 0.369 e. The summed E-state index contributed by atoms with van der Waals surface area (Å²) in [6.45, 7) is 15.4. The Morgan fingerprint density at radius 2 is 1.89 bits per heavy atom. The van der Waals surface area contributed by atoms with Crippen LogP contribution in [0.4, 0.5) is 0 Å². The standard InChI is InChI=1S/C14H30N2OS/c1-12(2,3)18-9-11(16-15)10-8-13(4,5)17-14(10,6)7/h10-11,16H,8-9,15H2,1-7H3. The first kappa shape index (κ1) is 16.3. The molecule has 1 fully saturated rings. The van der Waals surface area contributed by atoms with Crippen LogP contribution in [0.2, 0.25) is 0 Å². The Labute approximate surface area is 117 Å². The van der Waals surface area contributed by atoms with Crippen molar-refractivity contribution < 1.29 is 4.74 Å². The Bertz CT molecular complexity index is 284. The molecule has 0 saturated carbocycles. The van der Waals surface area contributed by atoms with Gasteiger partial charge in [0.1, 0.15) is 0 Å². The van der Waals surface area contributed by atoms with Gasteiger partial charge in [0.15, 0.2) is 0 Å². The maximum absolute atomic E-state index is 6.16. The molecule has 1 heterocycles. The zero-order valence-corrected chi connectivity index (χ0v) is 13.8. The first-order valence-electron chi connectivity index (χ1n) is 6.77. The van der Waals surface area contributed by atoms with Crippen LogP contribution in [0.25, 0.3) is 0 Å². The third-order valence-corrected chi connectivity index (χ3v) is 4.93. The normalized spacial score (nSPS) is 28.3. The average molecular weight is 274 g/mol.